The molecule has 0 saturated carbocycles. The Kier molecular flexibility index (Phi) is 7.07. The number of thioether (sulfide) groups is 1. The van der Waals surface area contributed by atoms with E-state index in [9.17, 15) is 14.4 Å². The summed E-state index contributed by atoms with van der Waals surface area (Å²) in [5.74, 6) is -1.07. The lowest BCUT2D eigenvalue weighted by Gasteiger charge is -2.35. The highest BCUT2D eigenvalue weighted by Gasteiger charge is 2.76. The van der Waals surface area contributed by atoms with Crippen LogP contribution >= 0.6 is 11.8 Å². The fraction of sp³-hybridized carbons (Fsp3) is 0.864. The molecule has 7 nitrogen and oxygen atoms in total. The van der Waals surface area contributed by atoms with E-state index in [0.717, 1.165) is 38.5 Å². The van der Waals surface area contributed by atoms with Crippen molar-refractivity contribution >= 4 is 29.5 Å². The Hall–Kier alpha value is -1.28. The molecule has 30 heavy (non-hydrogen) atoms. The Morgan fingerprint density at radius 3 is 2.63 bits per heavy atom. The fourth-order valence-corrected chi connectivity index (χ4v) is 8.28. The first-order valence-corrected chi connectivity index (χ1v) is 12.2. The first kappa shape index (κ1) is 23.4. The lowest BCUT2D eigenvalue weighted by molar-refractivity contribution is -0.140. The number of nitrogens with zero attached hydrogens (tertiary/aromatic N) is 1. The highest BCUT2D eigenvalue weighted by molar-refractivity contribution is 8.02. The van der Waals surface area contributed by atoms with Gasteiger partial charge in [-0.3, -0.25) is 14.4 Å². The van der Waals surface area contributed by atoms with Crippen molar-refractivity contribution < 1.29 is 19.5 Å². The number of hydrogen-bond donors (Lipinski definition) is 3. The molecule has 8 heteroatoms. The number of aliphatic hydroxyl groups is 1. The molecule has 170 valence electrons. The van der Waals surface area contributed by atoms with Crippen LogP contribution in [0.4, 0.5) is 0 Å². The molecular formula is C22H37N3O4S. The minimum absolute atomic E-state index is 0.0492. The molecule has 3 aliphatic rings. The quantitative estimate of drug-likeness (QED) is 0.450. The second kappa shape index (κ2) is 9.07. The van der Waals surface area contributed by atoms with Crippen LogP contribution in [0.25, 0.3) is 0 Å². The summed E-state index contributed by atoms with van der Waals surface area (Å²) >= 11 is 1.71. The fourth-order valence-electron chi connectivity index (χ4n) is 5.92. The van der Waals surface area contributed by atoms with Gasteiger partial charge in [0, 0.05) is 31.0 Å². The van der Waals surface area contributed by atoms with Gasteiger partial charge in [0.15, 0.2) is 0 Å². The molecule has 3 fully saturated rings. The van der Waals surface area contributed by atoms with Crippen LogP contribution in [0.1, 0.15) is 65.7 Å². The van der Waals surface area contributed by atoms with Crippen molar-refractivity contribution in [3.63, 3.8) is 0 Å². The minimum Gasteiger partial charge on any atom is -0.396 e. The highest BCUT2D eigenvalue weighted by atomic mass is 32.2. The molecule has 3 N–H and O–H groups in total. The molecule has 3 heterocycles. The van der Waals surface area contributed by atoms with E-state index >= 15 is 0 Å². The van der Waals surface area contributed by atoms with E-state index in [1.165, 1.54) is 0 Å². The SMILES string of the molecule is CCCC(C)NC(=O)C1N(CCCCCO)C(=O)[C@@H]2[C@H](C(=O)NC)[C@]3(C)CCC12S3. The Morgan fingerprint density at radius 2 is 2.00 bits per heavy atom. The van der Waals surface area contributed by atoms with Crippen LogP contribution in [0.5, 0.6) is 0 Å². The molecule has 0 aromatic carbocycles. The summed E-state index contributed by atoms with van der Waals surface area (Å²) in [6.07, 6.45) is 5.74. The van der Waals surface area contributed by atoms with E-state index in [1.807, 2.05) is 6.92 Å². The van der Waals surface area contributed by atoms with Crippen LogP contribution in [0, 0.1) is 11.8 Å². The van der Waals surface area contributed by atoms with Gasteiger partial charge < -0.3 is 20.6 Å². The second-order valence-corrected chi connectivity index (χ2v) is 11.3. The van der Waals surface area contributed by atoms with E-state index in [0.29, 0.717) is 13.0 Å². The second-order valence-electron chi connectivity index (χ2n) is 9.36. The molecule has 2 bridgehead atoms. The zero-order valence-electron chi connectivity index (χ0n) is 18.7. The molecule has 3 unspecified atom stereocenters. The zero-order chi connectivity index (χ0) is 22.1. The van der Waals surface area contributed by atoms with E-state index in [2.05, 4.69) is 24.5 Å². The standard InChI is InChI=1S/C22H37N3O4S/c1-5-9-14(2)24-19(28)17-22-11-10-21(3,30-22)15(18(27)23-4)16(22)20(29)25(17)12-7-6-8-13-26/h14-17,26H,5-13H2,1-4H3,(H,23,27)(H,24,28)/t14?,15-,16+,17?,21+,22?/m1/s1. The predicted octanol–water partition coefficient (Wildman–Crippen LogP) is 1.68. The van der Waals surface area contributed by atoms with Crippen molar-refractivity contribution in [2.75, 3.05) is 20.2 Å². The Morgan fingerprint density at radius 1 is 1.27 bits per heavy atom. The molecule has 3 rings (SSSR count). The maximum Gasteiger partial charge on any atom is 0.244 e. The summed E-state index contributed by atoms with van der Waals surface area (Å²) in [6.45, 7) is 6.80. The van der Waals surface area contributed by atoms with Gasteiger partial charge in [0.05, 0.1) is 16.6 Å². The van der Waals surface area contributed by atoms with Gasteiger partial charge in [-0.25, -0.2) is 0 Å². The van der Waals surface area contributed by atoms with E-state index in [-0.39, 0.29) is 35.1 Å². The molecule has 3 amide bonds. The monoisotopic (exact) mass is 439 g/mol. The number of nitrogens with one attached hydrogen (secondary N) is 2. The summed E-state index contributed by atoms with van der Waals surface area (Å²) in [7, 11) is 1.62. The van der Waals surface area contributed by atoms with Gasteiger partial charge in [-0.05, 0) is 52.4 Å². The van der Waals surface area contributed by atoms with Crippen LogP contribution in [0.15, 0.2) is 0 Å². The van der Waals surface area contributed by atoms with Crippen molar-refractivity contribution in [3.05, 3.63) is 0 Å². The number of likely N-dealkylation sites (tertiary alicyclic amines) is 1. The van der Waals surface area contributed by atoms with Crippen LogP contribution < -0.4 is 10.6 Å². The normalized spacial score (nSPS) is 35.4. The third kappa shape index (κ3) is 3.74. The van der Waals surface area contributed by atoms with Crippen molar-refractivity contribution in [2.24, 2.45) is 11.8 Å². The molecule has 6 atom stereocenters. The highest BCUT2D eigenvalue weighted by Crippen LogP contribution is 2.71. The van der Waals surface area contributed by atoms with Crippen molar-refractivity contribution in [2.45, 2.75) is 87.3 Å². The molecule has 0 aliphatic carbocycles. The first-order chi connectivity index (χ1) is 14.3. The Bertz CT molecular complexity index is 689. The lowest BCUT2D eigenvalue weighted by atomic mass is 9.66. The van der Waals surface area contributed by atoms with Gasteiger partial charge in [-0.1, -0.05) is 13.3 Å². The Labute approximate surface area is 184 Å². The zero-order valence-corrected chi connectivity index (χ0v) is 19.5. The summed E-state index contributed by atoms with van der Waals surface area (Å²) in [5.41, 5.74) is 0. The first-order valence-electron chi connectivity index (χ1n) is 11.4. The molecule has 3 aliphatic heterocycles. The lowest BCUT2D eigenvalue weighted by Crippen LogP contribution is -2.55. The average molecular weight is 440 g/mol. The number of aliphatic hydroxyl groups excluding tert-OH is 1. The van der Waals surface area contributed by atoms with Crippen LogP contribution in [0.3, 0.4) is 0 Å². The molecule has 0 radical (unpaired) electrons. The molecule has 0 aromatic heterocycles. The smallest absolute Gasteiger partial charge is 0.244 e. The van der Waals surface area contributed by atoms with Crippen LogP contribution in [0.2, 0.25) is 0 Å². The summed E-state index contributed by atoms with van der Waals surface area (Å²) in [5, 5.41) is 15.0. The number of carbonyl (C=O) groups excluding carboxylic acids is 3. The summed E-state index contributed by atoms with van der Waals surface area (Å²) in [6, 6.07) is -0.483. The average Bonchev–Trinajstić information content (AvgIpc) is 3.26. The van der Waals surface area contributed by atoms with Crippen molar-refractivity contribution in [1.29, 1.82) is 0 Å². The number of hydrogen-bond acceptors (Lipinski definition) is 5. The summed E-state index contributed by atoms with van der Waals surface area (Å²) < 4.78 is -0.840. The molecule has 3 saturated heterocycles. The topological polar surface area (TPSA) is 98.7 Å². The predicted molar refractivity (Wildman–Crippen MR) is 118 cm³/mol. The number of carbonyl (C=O) groups is 3. The van der Waals surface area contributed by atoms with Gasteiger partial charge in [-0.15, -0.1) is 11.8 Å². The van der Waals surface area contributed by atoms with Gasteiger partial charge in [0.25, 0.3) is 0 Å². The van der Waals surface area contributed by atoms with Gasteiger partial charge in [0.2, 0.25) is 17.7 Å². The van der Waals surface area contributed by atoms with Crippen molar-refractivity contribution in [1.82, 2.24) is 15.5 Å². The minimum atomic E-state index is -0.537. The molecule has 1 spiro atoms. The van der Waals surface area contributed by atoms with Crippen molar-refractivity contribution in [3.8, 4) is 0 Å². The van der Waals surface area contributed by atoms with Gasteiger partial charge >= 0.3 is 0 Å². The third-order valence-electron chi connectivity index (χ3n) is 7.22. The number of fused-ring (bicyclic) bond motifs is 1. The molecule has 0 aromatic rings. The van der Waals surface area contributed by atoms with Crippen LogP contribution in [-0.4, -0.2) is 69.5 Å². The van der Waals surface area contributed by atoms with Crippen LogP contribution in [-0.2, 0) is 14.4 Å². The van der Waals surface area contributed by atoms with E-state index < -0.39 is 22.6 Å². The largest absolute Gasteiger partial charge is 0.396 e. The van der Waals surface area contributed by atoms with E-state index in [4.69, 9.17) is 5.11 Å². The number of rotatable bonds is 10. The number of unbranched alkanes of at least 4 members (excludes halogenated alkanes) is 2. The van der Waals surface area contributed by atoms with Gasteiger partial charge in [-0.2, -0.15) is 0 Å². The van der Waals surface area contributed by atoms with E-state index in [1.54, 1.807) is 23.7 Å². The maximum absolute atomic E-state index is 13.6. The third-order valence-corrected chi connectivity index (χ3v) is 9.21. The van der Waals surface area contributed by atoms with Gasteiger partial charge in [0.1, 0.15) is 6.04 Å². The Balaban J connectivity index is 1.92. The maximum atomic E-state index is 13.6. The summed E-state index contributed by atoms with van der Waals surface area (Å²) in [4.78, 5) is 41.7. The number of amides is 3. The molecular weight excluding hydrogens is 402 g/mol.